The molecule has 0 saturated heterocycles. The van der Waals surface area contributed by atoms with Crippen molar-refractivity contribution in [2.45, 2.75) is 6.92 Å². The molecule has 2 N–H and O–H groups in total. The number of nitrogens with two attached hydrogens (primary N) is 1. The van der Waals surface area contributed by atoms with Crippen molar-refractivity contribution < 1.29 is 0 Å². The smallest absolute Gasteiger partial charge is 0.142 e. The number of hydrogen-bond donors (Lipinski definition) is 1. The van der Waals surface area contributed by atoms with E-state index in [1.807, 2.05) is 19.1 Å². The van der Waals surface area contributed by atoms with Gasteiger partial charge in [0.15, 0.2) is 0 Å². The summed E-state index contributed by atoms with van der Waals surface area (Å²) in [5, 5.41) is 1.07. The highest BCUT2D eigenvalue weighted by Crippen LogP contribution is 2.26. The van der Waals surface area contributed by atoms with Gasteiger partial charge in [-0.3, -0.25) is 4.98 Å². The highest BCUT2D eigenvalue weighted by Gasteiger charge is 2.05. The lowest BCUT2D eigenvalue weighted by Gasteiger charge is -2.00. The van der Waals surface area contributed by atoms with Gasteiger partial charge in [-0.1, -0.05) is 6.07 Å². The molecule has 84 valence electrons. The molecule has 0 aliphatic heterocycles. The first-order chi connectivity index (χ1) is 8.22. The van der Waals surface area contributed by atoms with Gasteiger partial charge in [-0.25, -0.2) is 9.97 Å². The Balaban J connectivity index is 2.17. The highest BCUT2D eigenvalue weighted by molar-refractivity contribution is 7.18. The van der Waals surface area contributed by atoms with Gasteiger partial charge in [0, 0.05) is 5.56 Å². The van der Waals surface area contributed by atoms with E-state index in [4.69, 9.17) is 5.73 Å². The molecule has 0 fully saturated rings. The van der Waals surface area contributed by atoms with E-state index in [2.05, 4.69) is 21.0 Å². The lowest BCUT2D eigenvalue weighted by atomic mass is 10.1. The zero-order chi connectivity index (χ0) is 11.8. The zero-order valence-electron chi connectivity index (χ0n) is 9.21. The van der Waals surface area contributed by atoms with Crippen molar-refractivity contribution in [3.8, 4) is 11.3 Å². The number of aryl methyl sites for hydroxylation is 1. The highest BCUT2D eigenvalue weighted by atomic mass is 32.1. The predicted octanol–water partition coefficient (Wildman–Crippen LogP) is 2.64. The standard InChI is InChI=1S/C12H10N4S/c1-7-15-9-4-8(2-3-11(9)17-7)10-5-14-6-12(13)16-10/h2-6H,1H3,(H2,13,16). The summed E-state index contributed by atoms with van der Waals surface area (Å²) in [6, 6.07) is 6.09. The maximum atomic E-state index is 5.63. The zero-order valence-corrected chi connectivity index (χ0v) is 10.0. The first-order valence-corrected chi connectivity index (χ1v) is 5.99. The monoisotopic (exact) mass is 242 g/mol. The van der Waals surface area contributed by atoms with Gasteiger partial charge in [0.05, 0.1) is 33.3 Å². The molecule has 1 aromatic carbocycles. The molecular weight excluding hydrogens is 232 g/mol. The SMILES string of the molecule is Cc1nc2cc(-c3cncc(N)n3)ccc2s1. The molecule has 0 amide bonds. The quantitative estimate of drug-likeness (QED) is 0.712. The van der Waals surface area contributed by atoms with Crippen LogP contribution < -0.4 is 5.73 Å². The average molecular weight is 242 g/mol. The fraction of sp³-hybridized carbons (Fsp3) is 0.0833. The molecule has 0 spiro atoms. The first kappa shape index (κ1) is 10.2. The summed E-state index contributed by atoms with van der Waals surface area (Å²) in [5.41, 5.74) is 8.38. The fourth-order valence-corrected chi connectivity index (χ4v) is 2.53. The molecule has 2 heterocycles. The van der Waals surface area contributed by atoms with Crippen molar-refractivity contribution in [1.82, 2.24) is 15.0 Å². The Kier molecular flexibility index (Phi) is 2.26. The van der Waals surface area contributed by atoms with Gasteiger partial charge in [-0.05, 0) is 19.1 Å². The van der Waals surface area contributed by atoms with Crippen molar-refractivity contribution in [2.75, 3.05) is 5.73 Å². The number of anilines is 1. The molecule has 0 radical (unpaired) electrons. The molecule has 0 saturated carbocycles. The van der Waals surface area contributed by atoms with Crippen LogP contribution in [0.3, 0.4) is 0 Å². The van der Waals surface area contributed by atoms with Gasteiger partial charge in [0.1, 0.15) is 5.82 Å². The molecule has 0 atom stereocenters. The molecule has 17 heavy (non-hydrogen) atoms. The summed E-state index contributed by atoms with van der Waals surface area (Å²) in [6.45, 7) is 2.00. The van der Waals surface area contributed by atoms with E-state index in [1.165, 1.54) is 10.9 Å². The van der Waals surface area contributed by atoms with Crippen molar-refractivity contribution in [3.05, 3.63) is 35.6 Å². The van der Waals surface area contributed by atoms with Crippen LogP contribution in [0.2, 0.25) is 0 Å². The summed E-state index contributed by atoms with van der Waals surface area (Å²) in [5.74, 6) is 0.428. The Hall–Kier alpha value is -2.01. The van der Waals surface area contributed by atoms with Crippen molar-refractivity contribution >= 4 is 27.4 Å². The van der Waals surface area contributed by atoms with Crippen LogP contribution in [0, 0.1) is 6.92 Å². The third-order valence-electron chi connectivity index (χ3n) is 2.44. The summed E-state index contributed by atoms with van der Waals surface area (Å²) in [7, 11) is 0. The lowest BCUT2D eigenvalue weighted by Crippen LogP contribution is -1.93. The topological polar surface area (TPSA) is 64.7 Å². The average Bonchev–Trinajstić information content (AvgIpc) is 2.68. The van der Waals surface area contributed by atoms with Crippen LogP contribution in [-0.2, 0) is 0 Å². The normalized spacial score (nSPS) is 10.9. The second-order valence-electron chi connectivity index (χ2n) is 3.74. The molecule has 0 bridgehead atoms. The number of aromatic nitrogens is 3. The van der Waals surface area contributed by atoms with Crippen molar-refractivity contribution in [3.63, 3.8) is 0 Å². The van der Waals surface area contributed by atoms with E-state index >= 15 is 0 Å². The first-order valence-electron chi connectivity index (χ1n) is 5.17. The number of nitrogens with zero attached hydrogens (tertiary/aromatic N) is 3. The molecular formula is C12H10N4S. The molecule has 5 heteroatoms. The number of nitrogen functional groups attached to an aromatic ring is 1. The summed E-state index contributed by atoms with van der Waals surface area (Å²) < 4.78 is 1.18. The molecule has 0 unspecified atom stereocenters. The predicted molar refractivity (Wildman–Crippen MR) is 69.8 cm³/mol. The molecule has 3 aromatic rings. The maximum Gasteiger partial charge on any atom is 0.142 e. The molecule has 0 aliphatic carbocycles. The van der Waals surface area contributed by atoms with Crippen LogP contribution in [0.15, 0.2) is 30.6 Å². The van der Waals surface area contributed by atoms with Crippen LogP contribution in [-0.4, -0.2) is 15.0 Å². The van der Waals surface area contributed by atoms with Gasteiger partial charge in [-0.15, -0.1) is 11.3 Å². The number of rotatable bonds is 1. The van der Waals surface area contributed by atoms with Gasteiger partial charge in [0.2, 0.25) is 0 Å². The molecule has 3 rings (SSSR count). The molecule has 2 aromatic heterocycles. The van der Waals surface area contributed by atoms with E-state index in [1.54, 1.807) is 17.5 Å². The largest absolute Gasteiger partial charge is 0.382 e. The number of thiazole rings is 1. The minimum absolute atomic E-state index is 0.428. The Morgan fingerprint density at radius 3 is 2.88 bits per heavy atom. The van der Waals surface area contributed by atoms with Crippen LogP contribution in [0.1, 0.15) is 5.01 Å². The third kappa shape index (κ3) is 1.85. The summed E-state index contributed by atoms with van der Waals surface area (Å²) in [4.78, 5) is 12.7. The number of hydrogen-bond acceptors (Lipinski definition) is 5. The number of fused-ring (bicyclic) bond motifs is 1. The minimum atomic E-state index is 0.428. The lowest BCUT2D eigenvalue weighted by molar-refractivity contribution is 1.22. The summed E-state index contributed by atoms with van der Waals surface area (Å²) in [6.07, 6.45) is 3.24. The van der Waals surface area contributed by atoms with Crippen LogP contribution in [0.4, 0.5) is 5.82 Å². The van der Waals surface area contributed by atoms with Gasteiger partial charge < -0.3 is 5.73 Å². The van der Waals surface area contributed by atoms with Gasteiger partial charge in [-0.2, -0.15) is 0 Å². The van der Waals surface area contributed by atoms with Crippen LogP contribution in [0.25, 0.3) is 21.5 Å². The van der Waals surface area contributed by atoms with E-state index in [0.717, 1.165) is 21.8 Å². The van der Waals surface area contributed by atoms with E-state index in [9.17, 15) is 0 Å². The second-order valence-corrected chi connectivity index (χ2v) is 4.98. The van der Waals surface area contributed by atoms with Crippen LogP contribution >= 0.6 is 11.3 Å². The van der Waals surface area contributed by atoms with Gasteiger partial charge >= 0.3 is 0 Å². The van der Waals surface area contributed by atoms with Crippen LogP contribution in [0.5, 0.6) is 0 Å². The maximum absolute atomic E-state index is 5.63. The Bertz CT molecular complexity index is 690. The van der Waals surface area contributed by atoms with Gasteiger partial charge in [0.25, 0.3) is 0 Å². The Labute approximate surface area is 102 Å². The fourth-order valence-electron chi connectivity index (χ4n) is 1.72. The van der Waals surface area contributed by atoms with E-state index < -0.39 is 0 Å². The minimum Gasteiger partial charge on any atom is -0.382 e. The van der Waals surface area contributed by atoms with Crippen molar-refractivity contribution in [2.24, 2.45) is 0 Å². The molecule has 0 aliphatic rings. The number of benzene rings is 1. The summed E-state index contributed by atoms with van der Waals surface area (Å²) >= 11 is 1.69. The Morgan fingerprint density at radius 2 is 2.06 bits per heavy atom. The Morgan fingerprint density at radius 1 is 1.18 bits per heavy atom. The second kappa shape index (κ2) is 3.78. The molecule has 4 nitrogen and oxygen atoms in total. The third-order valence-corrected chi connectivity index (χ3v) is 3.40. The van der Waals surface area contributed by atoms with E-state index in [0.29, 0.717) is 5.82 Å². The van der Waals surface area contributed by atoms with Crippen molar-refractivity contribution in [1.29, 1.82) is 0 Å². The van der Waals surface area contributed by atoms with E-state index in [-0.39, 0.29) is 0 Å².